The molecule has 0 N–H and O–H groups in total. The van der Waals surface area contributed by atoms with Crippen LogP contribution in [0.4, 0.5) is 5.69 Å². The summed E-state index contributed by atoms with van der Waals surface area (Å²) in [6.45, 7) is 3.64. The second-order valence-corrected chi connectivity index (χ2v) is 8.48. The van der Waals surface area contributed by atoms with Crippen LogP contribution in [0.15, 0.2) is 78.6 Å². The average molecular weight is 430 g/mol. The molecule has 0 bridgehead atoms. The molecule has 1 fully saturated rings. The number of thiophene rings is 1. The maximum Gasteiger partial charge on any atom is 0.257 e. The van der Waals surface area contributed by atoms with Gasteiger partial charge in [-0.25, -0.2) is 0 Å². The molecule has 1 saturated heterocycles. The highest BCUT2D eigenvalue weighted by atomic mass is 32.1. The minimum absolute atomic E-state index is 0.0529. The average Bonchev–Trinajstić information content (AvgIpc) is 3.50. The Morgan fingerprint density at radius 3 is 2.42 bits per heavy atom. The van der Waals surface area contributed by atoms with Gasteiger partial charge in [-0.2, -0.15) is 5.10 Å². The minimum Gasteiger partial charge on any atom is -0.368 e. The van der Waals surface area contributed by atoms with Crippen molar-refractivity contribution in [3.05, 3.63) is 89.7 Å². The van der Waals surface area contributed by atoms with Gasteiger partial charge in [0.25, 0.3) is 5.91 Å². The van der Waals surface area contributed by atoms with E-state index < -0.39 is 0 Å². The number of carbonyl (C=O) groups excluding carboxylic acids is 1. The predicted molar refractivity (Wildman–Crippen MR) is 123 cm³/mol. The van der Waals surface area contributed by atoms with Crippen molar-refractivity contribution in [2.75, 3.05) is 31.1 Å². The first-order valence-corrected chi connectivity index (χ1v) is 11.3. The lowest BCUT2D eigenvalue weighted by Crippen LogP contribution is -2.48. The van der Waals surface area contributed by atoms with E-state index >= 15 is 0 Å². The van der Waals surface area contributed by atoms with Crippen LogP contribution in [0.3, 0.4) is 0 Å². The molecular weight excluding hydrogens is 406 g/mol. The van der Waals surface area contributed by atoms with Crippen molar-refractivity contribution < 1.29 is 4.79 Å². The molecular formula is C24H23N5OS. The molecule has 4 aromatic rings. The number of pyridine rings is 1. The molecule has 0 atom stereocenters. The fourth-order valence-corrected chi connectivity index (χ4v) is 4.64. The monoisotopic (exact) mass is 429 g/mol. The summed E-state index contributed by atoms with van der Waals surface area (Å²) in [7, 11) is 0. The zero-order valence-electron chi connectivity index (χ0n) is 17.1. The summed E-state index contributed by atoms with van der Waals surface area (Å²) in [4.78, 5) is 22.8. The van der Waals surface area contributed by atoms with E-state index in [0.717, 1.165) is 34.9 Å². The molecule has 31 heavy (non-hydrogen) atoms. The van der Waals surface area contributed by atoms with Crippen LogP contribution in [0, 0.1) is 0 Å². The van der Waals surface area contributed by atoms with E-state index in [2.05, 4.69) is 22.0 Å². The van der Waals surface area contributed by atoms with Crippen molar-refractivity contribution >= 4 is 22.9 Å². The van der Waals surface area contributed by atoms with Crippen molar-refractivity contribution in [2.45, 2.75) is 6.54 Å². The molecule has 1 amide bonds. The maximum absolute atomic E-state index is 13.5. The number of aromatic nitrogens is 3. The standard InChI is InChI=1S/C24H23N5OS/c30-24(28-14-12-27(13-15-28)20-8-10-25-11-9-20)21-18-29(17-19-5-2-1-3-6-19)26-23(21)22-7-4-16-31-22/h1-11,16,18H,12-15,17H2. The smallest absolute Gasteiger partial charge is 0.257 e. The van der Waals surface area contributed by atoms with Crippen LogP contribution < -0.4 is 4.90 Å². The summed E-state index contributed by atoms with van der Waals surface area (Å²) >= 11 is 1.61. The first kappa shape index (κ1) is 19.5. The number of nitrogens with zero attached hydrogens (tertiary/aromatic N) is 5. The SMILES string of the molecule is O=C(c1cn(Cc2ccccc2)nc1-c1cccs1)N1CCN(c2ccncc2)CC1. The van der Waals surface area contributed by atoms with Gasteiger partial charge in [0.2, 0.25) is 0 Å². The molecule has 1 aliphatic heterocycles. The van der Waals surface area contributed by atoms with Crippen molar-refractivity contribution in [3.63, 3.8) is 0 Å². The lowest BCUT2D eigenvalue weighted by atomic mass is 10.1. The zero-order valence-corrected chi connectivity index (χ0v) is 17.9. The van der Waals surface area contributed by atoms with Crippen LogP contribution in [0.25, 0.3) is 10.6 Å². The molecule has 1 aliphatic rings. The van der Waals surface area contributed by atoms with Gasteiger partial charge in [-0.15, -0.1) is 11.3 Å². The van der Waals surface area contributed by atoms with Crippen LogP contribution in [0.1, 0.15) is 15.9 Å². The number of amides is 1. The predicted octanol–water partition coefficient (Wildman–Crippen LogP) is 4.02. The number of hydrogen-bond donors (Lipinski definition) is 0. The van der Waals surface area contributed by atoms with Gasteiger partial charge in [0.15, 0.2) is 0 Å². The second-order valence-electron chi connectivity index (χ2n) is 7.54. The highest BCUT2D eigenvalue weighted by Gasteiger charge is 2.27. The van der Waals surface area contributed by atoms with Crippen molar-refractivity contribution in [3.8, 4) is 10.6 Å². The number of piperazine rings is 1. The molecule has 1 aromatic carbocycles. The molecule has 3 aromatic heterocycles. The molecule has 6 nitrogen and oxygen atoms in total. The topological polar surface area (TPSA) is 54.3 Å². The van der Waals surface area contributed by atoms with Gasteiger partial charge in [-0.05, 0) is 29.1 Å². The van der Waals surface area contributed by atoms with E-state index in [9.17, 15) is 4.79 Å². The quantitative estimate of drug-likeness (QED) is 0.481. The highest BCUT2D eigenvalue weighted by molar-refractivity contribution is 7.13. The Morgan fingerprint density at radius 1 is 0.935 bits per heavy atom. The number of anilines is 1. The third-order valence-corrected chi connectivity index (χ3v) is 6.41. The first-order valence-electron chi connectivity index (χ1n) is 10.4. The Kier molecular flexibility index (Phi) is 5.50. The molecule has 5 rings (SSSR count). The van der Waals surface area contributed by atoms with Crippen LogP contribution in [-0.2, 0) is 6.54 Å². The fourth-order valence-electron chi connectivity index (χ4n) is 3.92. The molecule has 0 saturated carbocycles. The summed E-state index contributed by atoms with van der Waals surface area (Å²) in [6, 6.07) is 18.2. The van der Waals surface area contributed by atoms with Gasteiger partial charge in [0.05, 0.1) is 17.0 Å². The Hall–Kier alpha value is -3.45. The van der Waals surface area contributed by atoms with E-state index in [1.54, 1.807) is 23.7 Å². The summed E-state index contributed by atoms with van der Waals surface area (Å²) in [6.07, 6.45) is 5.52. The highest BCUT2D eigenvalue weighted by Crippen LogP contribution is 2.28. The first-order chi connectivity index (χ1) is 15.3. The van der Waals surface area contributed by atoms with Crippen LogP contribution >= 0.6 is 11.3 Å². The lowest BCUT2D eigenvalue weighted by molar-refractivity contribution is 0.0747. The Bertz CT molecular complexity index is 1130. The third-order valence-electron chi connectivity index (χ3n) is 5.53. The van der Waals surface area contributed by atoms with Gasteiger partial charge >= 0.3 is 0 Å². The molecule has 0 aliphatic carbocycles. The summed E-state index contributed by atoms with van der Waals surface area (Å²) < 4.78 is 1.88. The Labute approximate surface area is 185 Å². The molecule has 7 heteroatoms. The summed E-state index contributed by atoms with van der Waals surface area (Å²) in [5.74, 6) is 0.0529. The van der Waals surface area contributed by atoms with E-state index in [-0.39, 0.29) is 5.91 Å². The molecule has 4 heterocycles. The van der Waals surface area contributed by atoms with Crippen LogP contribution in [0.2, 0.25) is 0 Å². The lowest BCUT2D eigenvalue weighted by Gasteiger charge is -2.36. The van der Waals surface area contributed by atoms with Gasteiger partial charge in [0.1, 0.15) is 5.69 Å². The maximum atomic E-state index is 13.5. The summed E-state index contributed by atoms with van der Waals surface area (Å²) in [5.41, 5.74) is 3.76. The van der Waals surface area contributed by atoms with Crippen LogP contribution in [0.5, 0.6) is 0 Å². The molecule has 0 spiro atoms. The van der Waals surface area contributed by atoms with Gasteiger partial charge < -0.3 is 9.80 Å². The molecule has 156 valence electrons. The van der Waals surface area contributed by atoms with Crippen molar-refractivity contribution in [2.24, 2.45) is 0 Å². The van der Waals surface area contributed by atoms with Crippen molar-refractivity contribution in [1.82, 2.24) is 19.7 Å². The number of carbonyl (C=O) groups is 1. The number of benzene rings is 1. The van der Waals surface area contributed by atoms with E-state index in [1.807, 2.05) is 63.6 Å². The number of hydrogen-bond acceptors (Lipinski definition) is 5. The van der Waals surface area contributed by atoms with Gasteiger partial charge in [-0.1, -0.05) is 36.4 Å². The fraction of sp³-hybridized carbons (Fsp3) is 0.208. The van der Waals surface area contributed by atoms with E-state index in [1.165, 1.54) is 0 Å². The van der Waals surface area contributed by atoms with Gasteiger partial charge in [-0.3, -0.25) is 14.5 Å². The minimum atomic E-state index is 0.0529. The van der Waals surface area contributed by atoms with E-state index in [4.69, 9.17) is 5.10 Å². The number of rotatable bonds is 5. The van der Waals surface area contributed by atoms with E-state index in [0.29, 0.717) is 25.2 Å². The molecule has 0 radical (unpaired) electrons. The van der Waals surface area contributed by atoms with Crippen LogP contribution in [-0.4, -0.2) is 51.8 Å². The van der Waals surface area contributed by atoms with Gasteiger partial charge in [0, 0.05) is 50.5 Å². The Balaban J connectivity index is 1.37. The van der Waals surface area contributed by atoms with Crippen molar-refractivity contribution in [1.29, 1.82) is 0 Å². The summed E-state index contributed by atoms with van der Waals surface area (Å²) in [5, 5.41) is 6.81. The zero-order chi connectivity index (χ0) is 21.0. The second kappa shape index (κ2) is 8.73. The molecule has 0 unspecified atom stereocenters. The Morgan fingerprint density at radius 2 is 1.71 bits per heavy atom. The third kappa shape index (κ3) is 4.22. The normalized spacial score (nSPS) is 14.1. The largest absolute Gasteiger partial charge is 0.368 e.